The minimum atomic E-state index is -0.814. The van der Waals surface area contributed by atoms with Gasteiger partial charge >= 0.3 is 11.9 Å². The Balaban J connectivity index is 1.12. The second kappa shape index (κ2) is 13.0. The number of rotatable bonds is 9. The van der Waals surface area contributed by atoms with Crippen LogP contribution in [0.1, 0.15) is 152 Å². The minimum Gasteiger partial charge on any atom is -0.481 e. The van der Waals surface area contributed by atoms with Gasteiger partial charge in [0, 0.05) is 22.8 Å². The number of ether oxygens (including phenoxy) is 1. The number of esters is 1. The van der Waals surface area contributed by atoms with Gasteiger partial charge in [0.15, 0.2) is 5.78 Å². The molecule has 7 rings (SSSR count). The lowest BCUT2D eigenvalue weighted by Gasteiger charge is -2.72. The lowest BCUT2D eigenvalue weighted by molar-refractivity contribution is -0.236. The van der Waals surface area contributed by atoms with Crippen LogP contribution in [0.5, 0.6) is 0 Å². The van der Waals surface area contributed by atoms with Gasteiger partial charge < -0.3 is 15.2 Å². The first kappa shape index (κ1) is 39.8. The van der Waals surface area contributed by atoms with Crippen molar-refractivity contribution in [3.63, 3.8) is 0 Å². The number of allylic oxidation sites excluding steroid dienone is 2. The highest BCUT2D eigenvalue weighted by molar-refractivity contribution is 6.00. The van der Waals surface area contributed by atoms with E-state index >= 15 is 0 Å². The maximum absolute atomic E-state index is 14.1. The Morgan fingerprint density at radius 3 is 2.17 bits per heavy atom. The Morgan fingerprint density at radius 2 is 1.54 bits per heavy atom. The lowest BCUT2D eigenvalue weighted by atomic mass is 9.33. The van der Waals surface area contributed by atoms with Crippen molar-refractivity contribution in [2.75, 3.05) is 6.54 Å². The zero-order valence-electron chi connectivity index (χ0n) is 35.5. The number of carbonyl (C=O) groups is 3. The molecule has 1 aromatic carbocycles. The first-order valence-corrected chi connectivity index (χ1v) is 21.6. The largest absolute Gasteiger partial charge is 0.481 e. The third-order valence-electron chi connectivity index (χ3n) is 18.3. The van der Waals surface area contributed by atoms with Crippen LogP contribution < -0.4 is 5.32 Å². The molecule has 6 aliphatic carbocycles. The highest BCUT2D eigenvalue weighted by atomic mass is 16.5. The molecule has 6 aliphatic rings. The number of Topliss-reactive ketones (excluding diaryl/α,β-unsaturated/α-hetero) is 1. The monoisotopic (exact) mass is 742 g/mol. The Hall–Kier alpha value is -2.47. The molecule has 0 radical (unpaired) electrons. The summed E-state index contributed by atoms with van der Waals surface area (Å²) in [5.41, 5.74) is 3.49. The predicted molar refractivity (Wildman–Crippen MR) is 214 cm³/mol. The van der Waals surface area contributed by atoms with Crippen LogP contribution in [-0.2, 0) is 24.7 Å². The van der Waals surface area contributed by atoms with E-state index in [1.165, 1.54) is 30.4 Å². The van der Waals surface area contributed by atoms with Gasteiger partial charge in [-0.2, -0.15) is 0 Å². The topological polar surface area (TPSA) is 92.7 Å². The van der Waals surface area contributed by atoms with Crippen LogP contribution in [0, 0.1) is 68.0 Å². The van der Waals surface area contributed by atoms with Crippen LogP contribution in [0.25, 0.3) is 0 Å². The van der Waals surface area contributed by atoms with Crippen LogP contribution in [0.15, 0.2) is 41.5 Å². The average molecular weight is 742 g/mol. The van der Waals surface area contributed by atoms with Crippen LogP contribution in [0.4, 0.5) is 0 Å². The molecule has 298 valence electrons. The quantitative estimate of drug-likeness (QED) is 0.245. The number of hydrogen-bond donors (Lipinski definition) is 2. The Bertz CT molecular complexity index is 1710. The number of fused-ring (bicyclic) bond motifs is 7. The van der Waals surface area contributed by atoms with E-state index in [-0.39, 0.29) is 56.5 Å². The first-order valence-electron chi connectivity index (χ1n) is 21.6. The van der Waals surface area contributed by atoms with Gasteiger partial charge in [-0.05, 0) is 141 Å². The minimum absolute atomic E-state index is 0.0473. The number of hydrogen-bond acceptors (Lipinski definition) is 5. The van der Waals surface area contributed by atoms with Crippen LogP contribution in [0.3, 0.4) is 0 Å². The van der Waals surface area contributed by atoms with Crippen molar-refractivity contribution in [2.45, 2.75) is 158 Å². The van der Waals surface area contributed by atoms with E-state index in [0.29, 0.717) is 36.4 Å². The number of carboxylic acid groups (broad SMARTS) is 1. The third-order valence-corrected chi connectivity index (χ3v) is 18.3. The third kappa shape index (κ3) is 5.66. The van der Waals surface area contributed by atoms with Crippen LogP contribution in [-0.4, -0.2) is 35.5 Å². The Labute approximate surface area is 326 Å². The fourth-order valence-corrected chi connectivity index (χ4v) is 14.8. The lowest BCUT2D eigenvalue weighted by Crippen LogP contribution is -2.66. The van der Waals surface area contributed by atoms with Crippen molar-refractivity contribution < 1.29 is 24.2 Å². The summed E-state index contributed by atoms with van der Waals surface area (Å²) < 4.78 is 6.44. The van der Waals surface area contributed by atoms with Gasteiger partial charge in [-0.25, -0.2) is 0 Å². The molecule has 6 heteroatoms. The number of carbonyl (C=O) groups excluding carboxylic acids is 2. The molecule has 0 bridgehead atoms. The molecule has 1 aromatic rings. The molecule has 54 heavy (non-hydrogen) atoms. The molecule has 0 amide bonds. The van der Waals surface area contributed by atoms with E-state index in [1.807, 2.05) is 13.8 Å². The van der Waals surface area contributed by atoms with Gasteiger partial charge in [0.05, 0.1) is 11.8 Å². The van der Waals surface area contributed by atoms with Gasteiger partial charge in [-0.1, -0.05) is 98.2 Å². The molecule has 0 aliphatic heterocycles. The second-order valence-corrected chi connectivity index (χ2v) is 21.9. The highest BCUT2D eigenvalue weighted by Crippen LogP contribution is 2.77. The standard InChI is InChI=1S/C48H71NO5/c1-29(2)38-34(50)28-48(25-26-49-44(7,8)30-15-13-12-14-16-30)24-23-46(10)31(39(38)48)17-18-36-45(9)21-20-37(43(5,6)35(45)19-22-47(36,46)11)54-41(53)33-27-32(40(51)52)42(33,3)4/h12-16,29,31-33,35-37,49H,17-28H2,1-11H3,(H,51,52)/t31-,32+,33-,35+,36-,37+,45+,46-,47-,48-/m1/s1. The van der Waals surface area contributed by atoms with E-state index in [0.717, 1.165) is 45.1 Å². The zero-order valence-corrected chi connectivity index (χ0v) is 35.5. The molecule has 5 fully saturated rings. The normalized spacial score (nSPS) is 40.9. The van der Waals surface area contributed by atoms with Gasteiger partial charge in [0.25, 0.3) is 0 Å². The number of carboxylic acids is 1. The van der Waals surface area contributed by atoms with Crippen molar-refractivity contribution >= 4 is 17.7 Å². The van der Waals surface area contributed by atoms with Crippen molar-refractivity contribution in [3.8, 4) is 0 Å². The predicted octanol–water partition coefficient (Wildman–Crippen LogP) is 10.5. The van der Waals surface area contributed by atoms with E-state index in [1.54, 1.807) is 5.57 Å². The fraction of sp³-hybridized carbons (Fsp3) is 0.771. The molecule has 10 atom stereocenters. The molecule has 6 nitrogen and oxygen atoms in total. The summed E-state index contributed by atoms with van der Waals surface area (Å²) in [6.45, 7) is 26.3. The molecule has 5 saturated carbocycles. The summed E-state index contributed by atoms with van der Waals surface area (Å²) >= 11 is 0. The SMILES string of the molecule is CC(C)C1=C2[C@H]3CC[C@@H]4[C@@]5(C)CC[C@H](OC(=O)[C@H]6C[C@@H](C(=O)O)C6(C)C)C(C)(C)[C@@H]5CC[C@@]4(C)[C@]3(C)CC[C@@]2(CCNC(C)(C)c2ccccc2)CC1=O. The van der Waals surface area contributed by atoms with E-state index in [2.05, 4.69) is 98.0 Å². The summed E-state index contributed by atoms with van der Waals surface area (Å²) in [5, 5.41) is 13.6. The molecule has 0 heterocycles. The smallest absolute Gasteiger partial charge is 0.309 e. The van der Waals surface area contributed by atoms with Gasteiger partial charge in [-0.3, -0.25) is 14.4 Å². The van der Waals surface area contributed by atoms with Gasteiger partial charge in [-0.15, -0.1) is 0 Å². The van der Waals surface area contributed by atoms with Crippen LogP contribution in [0.2, 0.25) is 0 Å². The number of benzene rings is 1. The summed E-state index contributed by atoms with van der Waals surface area (Å²) in [5.74, 6) is 0.239. The molecule has 0 saturated heterocycles. The van der Waals surface area contributed by atoms with Gasteiger partial charge in [0.1, 0.15) is 6.10 Å². The molecule has 2 N–H and O–H groups in total. The van der Waals surface area contributed by atoms with Crippen molar-refractivity contribution in [2.24, 2.45) is 68.0 Å². The van der Waals surface area contributed by atoms with Crippen molar-refractivity contribution in [3.05, 3.63) is 47.0 Å². The average Bonchev–Trinajstić information content (AvgIpc) is 3.38. The Morgan fingerprint density at radius 1 is 0.852 bits per heavy atom. The second-order valence-electron chi connectivity index (χ2n) is 21.9. The van der Waals surface area contributed by atoms with E-state index in [4.69, 9.17) is 4.74 Å². The fourth-order valence-electron chi connectivity index (χ4n) is 14.8. The van der Waals surface area contributed by atoms with E-state index < -0.39 is 17.3 Å². The van der Waals surface area contributed by atoms with Crippen molar-refractivity contribution in [1.29, 1.82) is 0 Å². The number of nitrogens with one attached hydrogen (secondary N) is 1. The molecule has 0 aromatic heterocycles. The number of ketones is 1. The summed E-state index contributed by atoms with van der Waals surface area (Å²) in [6.07, 6.45) is 10.7. The summed E-state index contributed by atoms with van der Waals surface area (Å²) in [7, 11) is 0. The molecular weight excluding hydrogens is 671 g/mol. The maximum Gasteiger partial charge on any atom is 0.309 e. The highest BCUT2D eigenvalue weighted by Gasteiger charge is 2.70. The number of aliphatic carboxylic acids is 1. The first-order chi connectivity index (χ1) is 25.1. The molecule has 0 unspecified atom stereocenters. The maximum atomic E-state index is 14.1. The summed E-state index contributed by atoms with van der Waals surface area (Å²) in [6, 6.07) is 10.7. The Kier molecular flexibility index (Phi) is 9.59. The zero-order chi connectivity index (χ0) is 39.4. The van der Waals surface area contributed by atoms with Gasteiger partial charge in [0.2, 0.25) is 0 Å². The van der Waals surface area contributed by atoms with E-state index in [9.17, 15) is 19.5 Å². The summed E-state index contributed by atoms with van der Waals surface area (Å²) in [4.78, 5) is 39.5. The van der Waals surface area contributed by atoms with Crippen molar-refractivity contribution in [1.82, 2.24) is 5.32 Å². The molecular formula is C48H71NO5. The molecule has 0 spiro atoms. The van der Waals surface area contributed by atoms with Crippen LogP contribution >= 0.6 is 0 Å².